The Morgan fingerprint density at radius 3 is 2.71 bits per heavy atom. The molecule has 0 fully saturated rings. The molecule has 2 aromatic carbocycles. The number of nitrogens with zero attached hydrogens (tertiary/aromatic N) is 1. The van der Waals surface area contributed by atoms with Crippen LogP contribution in [-0.4, -0.2) is 10.9 Å². The summed E-state index contributed by atoms with van der Waals surface area (Å²) in [6, 6.07) is 12.9. The van der Waals surface area contributed by atoms with Gasteiger partial charge in [0.05, 0.1) is 11.9 Å². The van der Waals surface area contributed by atoms with Gasteiger partial charge in [-0.1, -0.05) is 24.3 Å². The lowest BCUT2D eigenvalue weighted by Crippen LogP contribution is -2.12. The number of fused-ring (bicyclic) bond motifs is 1. The van der Waals surface area contributed by atoms with Crippen LogP contribution < -0.4 is 11.1 Å². The number of carbonyl (C=O) groups is 1. The summed E-state index contributed by atoms with van der Waals surface area (Å²) in [7, 11) is 0. The number of nitrogen functional groups attached to an aromatic ring is 1. The SMILES string of the molecule is Cc1cccc2c(NC(=O)c3cccc(N)c3)cncc12. The maximum atomic E-state index is 12.3. The van der Waals surface area contributed by atoms with Gasteiger partial charge in [0.1, 0.15) is 0 Å². The second-order valence-corrected chi connectivity index (χ2v) is 4.94. The van der Waals surface area contributed by atoms with Crippen LogP contribution in [0.4, 0.5) is 11.4 Å². The highest BCUT2D eigenvalue weighted by Gasteiger charge is 2.09. The molecule has 0 saturated heterocycles. The minimum Gasteiger partial charge on any atom is -0.399 e. The number of hydrogen-bond acceptors (Lipinski definition) is 3. The van der Waals surface area contributed by atoms with E-state index in [4.69, 9.17) is 5.73 Å². The molecule has 4 heteroatoms. The highest BCUT2D eigenvalue weighted by Crippen LogP contribution is 2.25. The first kappa shape index (κ1) is 13.1. The van der Waals surface area contributed by atoms with Crippen LogP contribution in [0.25, 0.3) is 10.8 Å². The fraction of sp³-hybridized carbons (Fsp3) is 0.0588. The lowest BCUT2D eigenvalue weighted by Gasteiger charge is -2.09. The summed E-state index contributed by atoms with van der Waals surface area (Å²) in [5.74, 6) is -0.196. The van der Waals surface area contributed by atoms with Crippen molar-refractivity contribution in [3.63, 3.8) is 0 Å². The summed E-state index contributed by atoms with van der Waals surface area (Å²) >= 11 is 0. The molecule has 0 saturated carbocycles. The monoisotopic (exact) mass is 277 g/mol. The minimum absolute atomic E-state index is 0.196. The molecule has 21 heavy (non-hydrogen) atoms. The average Bonchev–Trinajstić information content (AvgIpc) is 2.48. The minimum atomic E-state index is -0.196. The summed E-state index contributed by atoms with van der Waals surface area (Å²) in [6.07, 6.45) is 3.47. The Morgan fingerprint density at radius 1 is 1.10 bits per heavy atom. The van der Waals surface area contributed by atoms with Crippen molar-refractivity contribution in [1.29, 1.82) is 0 Å². The van der Waals surface area contributed by atoms with E-state index in [1.807, 2.05) is 25.1 Å². The molecule has 0 aliphatic rings. The van der Waals surface area contributed by atoms with E-state index in [1.165, 1.54) is 0 Å². The molecule has 0 aliphatic carbocycles. The van der Waals surface area contributed by atoms with Crippen molar-refractivity contribution in [2.45, 2.75) is 6.92 Å². The smallest absolute Gasteiger partial charge is 0.255 e. The summed E-state index contributed by atoms with van der Waals surface area (Å²) in [5, 5.41) is 4.90. The van der Waals surface area contributed by atoms with Gasteiger partial charge in [-0.15, -0.1) is 0 Å². The first-order chi connectivity index (χ1) is 10.1. The lowest BCUT2D eigenvalue weighted by atomic mass is 10.1. The molecule has 0 radical (unpaired) electrons. The van der Waals surface area contributed by atoms with Crippen LogP contribution in [0.1, 0.15) is 15.9 Å². The van der Waals surface area contributed by atoms with E-state index in [0.717, 1.165) is 16.3 Å². The molecule has 0 atom stereocenters. The Kier molecular flexibility index (Phi) is 3.28. The third kappa shape index (κ3) is 2.56. The van der Waals surface area contributed by atoms with Crippen LogP contribution in [0.15, 0.2) is 54.9 Å². The van der Waals surface area contributed by atoms with Gasteiger partial charge in [-0.25, -0.2) is 0 Å². The van der Waals surface area contributed by atoms with Gasteiger partial charge in [0.15, 0.2) is 0 Å². The molecule has 0 unspecified atom stereocenters. The molecular formula is C17H15N3O. The molecule has 3 aromatic rings. The number of aryl methyl sites for hydroxylation is 1. The number of aromatic nitrogens is 1. The van der Waals surface area contributed by atoms with Crippen LogP contribution >= 0.6 is 0 Å². The van der Waals surface area contributed by atoms with Crippen LogP contribution in [0.2, 0.25) is 0 Å². The number of carbonyl (C=O) groups excluding carboxylic acids is 1. The van der Waals surface area contributed by atoms with E-state index in [2.05, 4.69) is 10.3 Å². The molecule has 104 valence electrons. The van der Waals surface area contributed by atoms with E-state index >= 15 is 0 Å². The maximum Gasteiger partial charge on any atom is 0.255 e. The summed E-state index contributed by atoms with van der Waals surface area (Å²) in [6.45, 7) is 2.02. The molecule has 1 heterocycles. The van der Waals surface area contributed by atoms with Gasteiger partial charge in [-0.05, 0) is 30.7 Å². The van der Waals surface area contributed by atoms with E-state index in [9.17, 15) is 4.79 Å². The standard InChI is InChI=1S/C17H15N3O/c1-11-4-2-7-14-15(11)9-19-10-16(14)20-17(21)12-5-3-6-13(18)8-12/h2-10H,18H2,1H3,(H,20,21). The highest BCUT2D eigenvalue weighted by molar-refractivity contribution is 6.09. The summed E-state index contributed by atoms with van der Waals surface area (Å²) in [4.78, 5) is 16.5. The van der Waals surface area contributed by atoms with E-state index in [-0.39, 0.29) is 5.91 Å². The Bertz CT molecular complexity index is 827. The van der Waals surface area contributed by atoms with E-state index in [0.29, 0.717) is 16.9 Å². The highest BCUT2D eigenvalue weighted by atomic mass is 16.1. The van der Waals surface area contributed by atoms with Crippen LogP contribution in [0, 0.1) is 6.92 Å². The van der Waals surface area contributed by atoms with Crippen molar-refractivity contribution in [3.8, 4) is 0 Å². The van der Waals surface area contributed by atoms with Crippen molar-refractivity contribution in [2.75, 3.05) is 11.1 Å². The molecule has 3 rings (SSSR count). The van der Waals surface area contributed by atoms with Gasteiger partial charge in [0.2, 0.25) is 0 Å². The number of amides is 1. The fourth-order valence-corrected chi connectivity index (χ4v) is 2.32. The second-order valence-electron chi connectivity index (χ2n) is 4.94. The van der Waals surface area contributed by atoms with Gasteiger partial charge < -0.3 is 11.1 Å². The normalized spacial score (nSPS) is 10.5. The molecule has 0 spiro atoms. The quantitative estimate of drug-likeness (QED) is 0.706. The van der Waals surface area contributed by atoms with Crippen LogP contribution in [0.3, 0.4) is 0 Å². The number of rotatable bonds is 2. The van der Waals surface area contributed by atoms with E-state index < -0.39 is 0 Å². The Hall–Kier alpha value is -2.88. The Morgan fingerprint density at radius 2 is 1.90 bits per heavy atom. The van der Waals surface area contributed by atoms with E-state index in [1.54, 1.807) is 36.7 Å². The van der Waals surface area contributed by atoms with Crippen molar-refractivity contribution in [2.24, 2.45) is 0 Å². The van der Waals surface area contributed by atoms with Gasteiger partial charge in [-0.3, -0.25) is 9.78 Å². The summed E-state index contributed by atoms with van der Waals surface area (Å²) in [5.41, 5.74) is 8.62. The van der Waals surface area contributed by atoms with Gasteiger partial charge >= 0.3 is 0 Å². The zero-order valence-electron chi connectivity index (χ0n) is 11.6. The second kappa shape index (κ2) is 5.25. The van der Waals surface area contributed by atoms with Gasteiger partial charge in [0, 0.05) is 28.2 Å². The average molecular weight is 277 g/mol. The molecular weight excluding hydrogens is 262 g/mol. The largest absolute Gasteiger partial charge is 0.399 e. The van der Waals surface area contributed by atoms with Crippen molar-refractivity contribution >= 4 is 28.1 Å². The molecule has 3 N–H and O–H groups in total. The predicted molar refractivity (Wildman–Crippen MR) is 85.3 cm³/mol. The van der Waals surface area contributed by atoms with Crippen molar-refractivity contribution < 1.29 is 4.79 Å². The molecule has 1 amide bonds. The topological polar surface area (TPSA) is 68.0 Å². The van der Waals surface area contributed by atoms with Gasteiger partial charge in [0.25, 0.3) is 5.91 Å². The molecule has 0 aliphatic heterocycles. The fourth-order valence-electron chi connectivity index (χ4n) is 2.32. The molecule has 1 aromatic heterocycles. The maximum absolute atomic E-state index is 12.3. The number of nitrogens with one attached hydrogen (secondary N) is 1. The van der Waals surface area contributed by atoms with Gasteiger partial charge in [-0.2, -0.15) is 0 Å². The number of anilines is 2. The number of pyridine rings is 1. The third-order valence-electron chi connectivity index (χ3n) is 3.42. The predicted octanol–water partition coefficient (Wildman–Crippen LogP) is 3.38. The first-order valence-electron chi connectivity index (χ1n) is 6.65. The number of hydrogen-bond donors (Lipinski definition) is 2. The number of benzene rings is 2. The van der Waals surface area contributed by atoms with Crippen molar-refractivity contribution in [1.82, 2.24) is 4.98 Å². The molecule has 0 bridgehead atoms. The van der Waals surface area contributed by atoms with Crippen molar-refractivity contribution in [3.05, 3.63) is 66.0 Å². The van der Waals surface area contributed by atoms with Crippen LogP contribution in [-0.2, 0) is 0 Å². The zero-order chi connectivity index (χ0) is 14.8. The third-order valence-corrected chi connectivity index (χ3v) is 3.42. The lowest BCUT2D eigenvalue weighted by molar-refractivity contribution is 0.102. The molecule has 4 nitrogen and oxygen atoms in total. The Balaban J connectivity index is 1.99. The number of nitrogens with two attached hydrogens (primary N) is 1. The first-order valence-corrected chi connectivity index (χ1v) is 6.65. The summed E-state index contributed by atoms with van der Waals surface area (Å²) < 4.78 is 0. The zero-order valence-corrected chi connectivity index (χ0v) is 11.6. The van der Waals surface area contributed by atoms with Crippen LogP contribution in [0.5, 0.6) is 0 Å². The Labute approximate surface area is 122 Å².